The number of fused-ring (bicyclic) bond motifs is 2. The molecule has 1 atom stereocenters. The van der Waals surface area contributed by atoms with Crippen molar-refractivity contribution in [3.8, 4) is 6.07 Å². The number of para-hydroxylation sites is 1. The number of aromatic nitrogens is 1. The van der Waals surface area contributed by atoms with Crippen LogP contribution in [0, 0.1) is 11.3 Å². The highest BCUT2D eigenvalue weighted by Gasteiger charge is 2.49. The number of anilines is 2. The van der Waals surface area contributed by atoms with Gasteiger partial charge in [0.15, 0.2) is 0 Å². The van der Waals surface area contributed by atoms with E-state index in [1.165, 1.54) is 0 Å². The smallest absolute Gasteiger partial charge is 0.236 e. The molecule has 2 aromatic rings. The van der Waals surface area contributed by atoms with E-state index >= 15 is 0 Å². The van der Waals surface area contributed by atoms with Gasteiger partial charge in [0, 0.05) is 18.8 Å². The van der Waals surface area contributed by atoms with Crippen LogP contribution in [0.15, 0.2) is 42.5 Å². The molecule has 5 heteroatoms. The van der Waals surface area contributed by atoms with Gasteiger partial charge in [-0.25, -0.2) is 4.98 Å². The van der Waals surface area contributed by atoms with Gasteiger partial charge in [0.1, 0.15) is 17.6 Å². The van der Waals surface area contributed by atoms with Crippen molar-refractivity contribution in [2.75, 3.05) is 23.3 Å². The van der Waals surface area contributed by atoms with E-state index in [0.29, 0.717) is 12.2 Å². The first kappa shape index (κ1) is 13.8. The third kappa shape index (κ3) is 2.07. The Kier molecular flexibility index (Phi) is 3.05. The SMILES string of the molecule is N#Cc1cccc(N2CCC[C@]3(C2)C(=O)Nc2ccccc23)n1. The molecule has 5 nitrogen and oxygen atoms in total. The fourth-order valence-electron chi connectivity index (χ4n) is 3.69. The molecular formula is C18H16N4O. The fourth-order valence-corrected chi connectivity index (χ4v) is 3.69. The van der Waals surface area contributed by atoms with Crippen LogP contribution in [0.25, 0.3) is 0 Å². The van der Waals surface area contributed by atoms with E-state index in [2.05, 4.69) is 21.3 Å². The minimum Gasteiger partial charge on any atom is -0.355 e. The number of amides is 1. The topological polar surface area (TPSA) is 69.0 Å². The number of hydrogen-bond acceptors (Lipinski definition) is 4. The lowest BCUT2D eigenvalue weighted by atomic mass is 9.75. The molecule has 1 aromatic carbocycles. The van der Waals surface area contributed by atoms with Crippen molar-refractivity contribution in [3.63, 3.8) is 0 Å². The molecule has 0 unspecified atom stereocenters. The van der Waals surface area contributed by atoms with Gasteiger partial charge in [0.05, 0.1) is 5.41 Å². The van der Waals surface area contributed by atoms with E-state index < -0.39 is 5.41 Å². The lowest BCUT2D eigenvalue weighted by Crippen LogP contribution is -2.50. The van der Waals surface area contributed by atoms with Crippen LogP contribution in [0.3, 0.4) is 0 Å². The van der Waals surface area contributed by atoms with Crippen molar-refractivity contribution in [1.29, 1.82) is 5.26 Å². The summed E-state index contributed by atoms with van der Waals surface area (Å²) in [6.45, 7) is 1.44. The van der Waals surface area contributed by atoms with Crippen molar-refractivity contribution in [1.82, 2.24) is 4.98 Å². The van der Waals surface area contributed by atoms with Gasteiger partial charge in [-0.15, -0.1) is 0 Å². The molecule has 4 rings (SSSR count). The van der Waals surface area contributed by atoms with E-state index in [1.807, 2.05) is 36.4 Å². The second kappa shape index (κ2) is 5.10. The predicted molar refractivity (Wildman–Crippen MR) is 87.1 cm³/mol. The number of piperidine rings is 1. The molecule has 23 heavy (non-hydrogen) atoms. The lowest BCUT2D eigenvalue weighted by Gasteiger charge is -2.39. The van der Waals surface area contributed by atoms with E-state index in [-0.39, 0.29) is 5.91 Å². The molecule has 0 bridgehead atoms. The summed E-state index contributed by atoms with van der Waals surface area (Å²) in [5.41, 5.74) is 1.88. The van der Waals surface area contributed by atoms with Crippen molar-refractivity contribution >= 4 is 17.4 Å². The quantitative estimate of drug-likeness (QED) is 0.878. The number of nitrogens with one attached hydrogen (secondary N) is 1. The molecule has 0 aliphatic carbocycles. The number of hydrogen-bond donors (Lipinski definition) is 1. The molecule has 114 valence electrons. The monoisotopic (exact) mass is 304 g/mol. The molecule has 2 aliphatic rings. The van der Waals surface area contributed by atoms with Crippen LogP contribution in [0.4, 0.5) is 11.5 Å². The van der Waals surface area contributed by atoms with Crippen LogP contribution in [0.5, 0.6) is 0 Å². The van der Waals surface area contributed by atoms with Crippen LogP contribution in [0.1, 0.15) is 24.1 Å². The zero-order valence-electron chi connectivity index (χ0n) is 12.6. The molecule has 2 aliphatic heterocycles. The molecule has 1 amide bonds. The van der Waals surface area contributed by atoms with Crippen LogP contribution in [-0.2, 0) is 10.2 Å². The highest BCUT2D eigenvalue weighted by atomic mass is 16.2. The molecule has 0 radical (unpaired) electrons. The van der Waals surface area contributed by atoms with Gasteiger partial charge in [0.2, 0.25) is 5.91 Å². The maximum Gasteiger partial charge on any atom is 0.236 e. The number of carbonyl (C=O) groups is 1. The maximum atomic E-state index is 12.7. The number of rotatable bonds is 1. The Morgan fingerprint density at radius 3 is 2.96 bits per heavy atom. The van der Waals surface area contributed by atoms with Crippen molar-refractivity contribution in [2.45, 2.75) is 18.3 Å². The van der Waals surface area contributed by atoms with Gasteiger partial charge in [-0.3, -0.25) is 4.79 Å². The Bertz CT molecular complexity index is 826. The largest absolute Gasteiger partial charge is 0.355 e. The summed E-state index contributed by atoms with van der Waals surface area (Å²) < 4.78 is 0. The van der Waals surface area contributed by atoms with Gasteiger partial charge < -0.3 is 10.2 Å². The molecule has 1 aromatic heterocycles. The number of pyridine rings is 1. The minimum atomic E-state index is -0.515. The molecule has 0 saturated carbocycles. The zero-order valence-corrected chi connectivity index (χ0v) is 12.6. The van der Waals surface area contributed by atoms with E-state index in [1.54, 1.807) is 6.07 Å². The highest BCUT2D eigenvalue weighted by Crippen LogP contribution is 2.44. The number of carbonyl (C=O) groups excluding carboxylic acids is 1. The average molecular weight is 304 g/mol. The van der Waals surface area contributed by atoms with E-state index in [4.69, 9.17) is 5.26 Å². The van der Waals surface area contributed by atoms with Gasteiger partial charge in [-0.05, 0) is 36.6 Å². The predicted octanol–water partition coefficient (Wildman–Crippen LogP) is 2.44. The second-order valence-corrected chi connectivity index (χ2v) is 6.10. The Labute approximate surface area is 134 Å². The maximum absolute atomic E-state index is 12.7. The summed E-state index contributed by atoms with van der Waals surface area (Å²) in [6.07, 6.45) is 1.75. The molecule has 1 spiro atoms. The molecule has 1 N–H and O–H groups in total. The fraction of sp³-hybridized carbons (Fsp3) is 0.278. The Hall–Kier alpha value is -2.87. The first-order valence-electron chi connectivity index (χ1n) is 7.76. The van der Waals surface area contributed by atoms with E-state index in [0.717, 1.165) is 36.5 Å². The summed E-state index contributed by atoms with van der Waals surface area (Å²) in [5, 5.41) is 12.1. The zero-order chi connectivity index (χ0) is 15.9. The van der Waals surface area contributed by atoms with Gasteiger partial charge in [-0.1, -0.05) is 24.3 Å². The average Bonchev–Trinajstić information content (AvgIpc) is 2.87. The van der Waals surface area contributed by atoms with E-state index in [9.17, 15) is 4.79 Å². The minimum absolute atomic E-state index is 0.0693. The molecular weight excluding hydrogens is 288 g/mol. The summed E-state index contributed by atoms with van der Waals surface area (Å²) in [4.78, 5) is 19.2. The lowest BCUT2D eigenvalue weighted by molar-refractivity contribution is -0.121. The first-order chi connectivity index (χ1) is 11.2. The molecule has 1 saturated heterocycles. The van der Waals surface area contributed by atoms with Crippen molar-refractivity contribution < 1.29 is 4.79 Å². The molecule has 1 fully saturated rings. The van der Waals surface area contributed by atoms with Crippen LogP contribution >= 0.6 is 0 Å². The summed E-state index contributed by atoms with van der Waals surface area (Å²) in [7, 11) is 0. The summed E-state index contributed by atoms with van der Waals surface area (Å²) in [5.74, 6) is 0.833. The van der Waals surface area contributed by atoms with Crippen molar-refractivity contribution in [3.05, 3.63) is 53.7 Å². The standard InChI is InChI=1S/C18H16N4O/c19-11-13-5-3-8-16(20-13)22-10-4-9-18(12-22)14-6-1-2-7-15(14)21-17(18)23/h1-3,5-8H,4,9-10,12H2,(H,21,23)/t18-/m1/s1. The molecule has 3 heterocycles. The first-order valence-corrected chi connectivity index (χ1v) is 7.76. The summed E-state index contributed by atoms with van der Waals surface area (Å²) in [6, 6.07) is 15.4. The van der Waals surface area contributed by atoms with Gasteiger partial charge >= 0.3 is 0 Å². The Morgan fingerprint density at radius 2 is 2.09 bits per heavy atom. The van der Waals surface area contributed by atoms with Crippen molar-refractivity contribution in [2.24, 2.45) is 0 Å². The highest BCUT2D eigenvalue weighted by molar-refractivity contribution is 6.06. The van der Waals surface area contributed by atoms with Crippen LogP contribution in [-0.4, -0.2) is 24.0 Å². The Morgan fingerprint density at radius 1 is 1.22 bits per heavy atom. The number of nitriles is 1. The normalized spacial score (nSPS) is 22.6. The second-order valence-electron chi connectivity index (χ2n) is 6.10. The number of benzene rings is 1. The van der Waals surface area contributed by atoms with Crippen LogP contribution < -0.4 is 10.2 Å². The third-order valence-corrected chi connectivity index (χ3v) is 4.79. The van der Waals surface area contributed by atoms with Gasteiger partial charge in [-0.2, -0.15) is 5.26 Å². The third-order valence-electron chi connectivity index (χ3n) is 4.79. The van der Waals surface area contributed by atoms with Crippen LogP contribution in [0.2, 0.25) is 0 Å². The van der Waals surface area contributed by atoms with Gasteiger partial charge in [0.25, 0.3) is 0 Å². The number of nitrogens with zero attached hydrogens (tertiary/aromatic N) is 3. The Balaban J connectivity index is 1.72. The summed E-state index contributed by atoms with van der Waals surface area (Å²) >= 11 is 0.